The normalized spacial score (nSPS) is 20.2. The van der Waals surface area contributed by atoms with Crippen LogP contribution in [0.4, 0.5) is 0 Å². The molecule has 1 saturated heterocycles. The van der Waals surface area contributed by atoms with Crippen LogP contribution in [0.3, 0.4) is 0 Å². The second kappa shape index (κ2) is 4.34. The molecule has 0 atom stereocenters. The molecule has 86 valence electrons. The number of benzene rings is 1. The van der Waals surface area contributed by atoms with E-state index < -0.39 is 0 Å². The Morgan fingerprint density at radius 3 is 3.00 bits per heavy atom. The number of nitrogens with one attached hydrogen (secondary N) is 1. The zero-order valence-electron chi connectivity index (χ0n) is 9.37. The number of fused-ring (bicyclic) bond motifs is 1. The van der Waals surface area contributed by atoms with Gasteiger partial charge in [-0.05, 0) is 44.1 Å². The van der Waals surface area contributed by atoms with E-state index in [0.717, 1.165) is 50.5 Å². The Morgan fingerprint density at radius 1 is 1.25 bits per heavy atom. The first-order valence-corrected chi connectivity index (χ1v) is 6.05. The van der Waals surface area contributed by atoms with Crippen LogP contribution in [0, 0.1) is 0 Å². The zero-order chi connectivity index (χ0) is 10.8. The predicted octanol–water partition coefficient (Wildman–Crippen LogP) is 1.75. The molecule has 3 heteroatoms. The fourth-order valence-corrected chi connectivity index (χ4v) is 2.34. The third kappa shape index (κ3) is 2.00. The minimum absolute atomic E-state index is 0.377. The van der Waals surface area contributed by atoms with Gasteiger partial charge in [-0.15, -0.1) is 0 Å². The maximum Gasteiger partial charge on any atom is 0.122 e. The molecule has 0 aliphatic carbocycles. The van der Waals surface area contributed by atoms with Gasteiger partial charge in [0, 0.05) is 12.0 Å². The van der Waals surface area contributed by atoms with Crippen molar-refractivity contribution >= 4 is 0 Å². The minimum atomic E-state index is 0.377. The first-order valence-electron chi connectivity index (χ1n) is 6.05. The molecule has 2 aliphatic heterocycles. The van der Waals surface area contributed by atoms with Crippen molar-refractivity contribution in [1.82, 2.24) is 5.32 Å². The standard InChI is InChI=1S/C13H17NO2/c1-2-13-10(5-8-15-13)9-12(1)16-11-3-6-14-7-4-11/h1-2,9,11,14H,3-8H2. The molecule has 3 rings (SSSR count). The number of hydrogen-bond donors (Lipinski definition) is 1. The van der Waals surface area contributed by atoms with Crippen molar-refractivity contribution in [3.8, 4) is 11.5 Å². The van der Waals surface area contributed by atoms with Crippen LogP contribution >= 0.6 is 0 Å². The van der Waals surface area contributed by atoms with E-state index in [1.807, 2.05) is 12.1 Å². The molecule has 0 unspecified atom stereocenters. The van der Waals surface area contributed by atoms with Crippen LogP contribution in [-0.2, 0) is 6.42 Å². The summed E-state index contributed by atoms with van der Waals surface area (Å²) in [5, 5.41) is 3.34. The number of rotatable bonds is 2. The second-order valence-corrected chi connectivity index (χ2v) is 4.44. The van der Waals surface area contributed by atoms with Crippen LogP contribution in [0.1, 0.15) is 18.4 Å². The van der Waals surface area contributed by atoms with Gasteiger partial charge in [0.15, 0.2) is 0 Å². The molecule has 1 aromatic rings. The summed E-state index contributed by atoms with van der Waals surface area (Å²) in [7, 11) is 0. The molecule has 0 saturated carbocycles. The van der Waals surface area contributed by atoms with Crippen LogP contribution < -0.4 is 14.8 Å². The lowest BCUT2D eigenvalue weighted by Gasteiger charge is -2.24. The highest BCUT2D eigenvalue weighted by Gasteiger charge is 2.17. The van der Waals surface area contributed by atoms with Gasteiger partial charge in [0.2, 0.25) is 0 Å². The van der Waals surface area contributed by atoms with E-state index in [4.69, 9.17) is 9.47 Å². The second-order valence-electron chi connectivity index (χ2n) is 4.44. The van der Waals surface area contributed by atoms with Crippen molar-refractivity contribution in [2.24, 2.45) is 0 Å². The summed E-state index contributed by atoms with van der Waals surface area (Å²) in [6.07, 6.45) is 3.60. The van der Waals surface area contributed by atoms with Gasteiger partial charge in [-0.1, -0.05) is 0 Å². The van der Waals surface area contributed by atoms with Crippen molar-refractivity contribution < 1.29 is 9.47 Å². The van der Waals surface area contributed by atoms with Gasteiger partial charge in [-0.2, -0.15) is 0 Å². The summed E-state index contributed by atoms with van der Waals surface area (Å²) in [5.41, 5.74) is 1.28. The van der Waals surface area contributed by atoms with E-state index in [1.165, 1.54) is 5.56 Å². The van der Waals surface area contributed by atoms with Crippen LogP contribution in [-0.4, -0.2) is 25.8 Å². The Labute approximate surface area is 95.8 Å². The van der Waals surface area contributed by atoms with Gasteiger partial charge < -0.3 is 14.8 Å². The molecule has 0 spiro atoms. The molecule has 1 aromatic carbocycles. The average Bonchev–Trinajstić information content (AvgIpc) is 2.77. The lowest BCUT2D eigenvalue weighted by atomic mass is 10.1. The highest BCUT2D eigenvalue weighted by Crippen LogP contribution is 2.29. The summed E-state index contributed by atoms with van der Waals surface area (Å²) < 4.78 is 11.5. The average molecular weight is 219 g/mol. The lowest BCUT2D eigenvalue weighted by molar-refractivity contribution is 0.162. The van der Waals surface area contributed by atoms with Crippen molar-refractivity contribution in [3.05, 3.63) is 23.8 Å². The number of hydrogen-bond acceptors (Lipinski definition) is 3. The molecule has 0 radical (unpaired) electrons. The van der Waals surface area contributed by atoms with E-state index in [2.05, 4.69) is 11.4 Å². The van der Waals surface area contributed by atoms with E-state index >= 15 is 0 Å². The van der Waals surface area contributed by atoms with Crippen LogP contribution in [0.15, 0.2) is 18.2 Å². The molecule has 1 fully saturated rings. The van der Waals surface area contributed by atoms with Gasteiger partial charge in [0.25, 0.3) is 0 Å². The first kappa shape index (κ1) is 9.97. The SMILES string of the molecule is c1cc2c(cc1OC1CCNCC1)CCO2. The Morgan fingerprint density at radius 2 is 2.12 bits per heavy atom. The molecule has 0 aromatic heterocycles. The van der Waals surface area contributed by atoms with Crippen molar-refractivity contribution in [2.45, 2.75) is 25.4 Å². The highest BCUT2D eigenvalue weighted by atomic mass is 16.5. The summed E-state index contributed by atoms with van der Waals surface area (Å²) in [5.74, 6) is 2.02. The van der Waals surface area contributed by atoms with Gasteiger partial charge in [0.05, 0.1) is 6.61 Å². The van der Waals surface area contributed by atoms with E-state index in [9.17, 15) is 0 Å². The first-order chi connectivity index (χ1) is 7.92. The fraction of sp³-hybridized carbons (Fsp3) is 0.538. The Balaban J connectivity index is 1.69. The topological polar surface area (TPSA) is 30.5 Å². The van der Waals surface area contributed by atoms with E-state index in [0.29, 0.717) is 6.10 Å². The largest absolute Gasteiger partial charge is 0.493 e. The molecule has 2 aliphatic rings. The Bertz CT molecular complexity index is 372. The Kier molecular flexibility index (Phi) is 2.70. The number of piperidine rings is 1. The maximum atomic E-state index is 5.98. The van der Waals surface area contributed by atoms with Crippen molar-refractivity contribution in [2.75, 3.05) is 19.7 Å². The van der Waals surface area contributed by atoms with Crippen molar-refractivity contribution in [1.29, 1.82) is 0 Å². The summed E-state index contributed by atoms with van der Waals surface area (Å²) in [6.45, 7) is 2.95. The van der Waals surface area contributed by atoms with Gasteiger partial charge >= 0.3 is 0 Å². The summed E-state index contributed by atoms with van der Waals surface area (Å²) >= 11 is 0. The van der Waals surface area contributed by atoms with Crippen molar-refractivity contribution in [3.63, 3.8) is 0 Å². The van der Waals surface area contributed by atoms with Crippen LogP contribution in [0.2, 0.25) is 0 Å². The molecule has 1 N–H and O–H groups in total. The monoisotopic (exact) mass is 219 g/mol. The summed E-state index contributed by atoms with van der Waals surface area (Å²) in [6, 6.07) is 6.18. The van der Waals surface area contributed by atoms with Gasteiger partial charge in [-0.25, -0.2) is 0 Å². The third-order valence-corrected chi connectivity index (χ3v) is 3.25. The molecule has 3 nitrogen and oxygen atoms in total. The fourth-order valence-electron chi connectivity index (χ4n) is 2.34. The number of ether oxygens (including phenoxy) is 2. The molecular formula is C13H17NO2. The Hall–Kier alpha value is -1.22. The summed E-state index contributed by atoms with van der Waals surface area (Å²) in [4.78, 5) is 0. The molecule has 2 heterocycles. The minimum Gasteiger partial charge on any atom is -0.493 e. The van der Waals surface area contributed by atoms with E-state index in [-0.39, 0.29) is 0 Å². The third-order valence-electron chi connectivity index (χ3n) is 3.25. The molecule has 0 bridgehead atoms. The molecule has 0 amide bonds. The van der Waals surface area contributed by atoms with Gasteiger partial charge in [-0.3, -0.25) is 0 Å². The molecule has 16 heavy (non-hydrogen) atoms. The van der Waals surface area contributed by atoms with Gasteiger partial charge in [0.1, 0.15) is 17.6 Å². The van der Waals surface area contributed by atoms with E-state index in [1.54, 1.807) is 0 Å². The van der Waals surface area contributed by atoms with Crippen LogP contribution in [0.5, 0.6) is 11.5 Å². The highest BCUT2D eigenvalue weighted by molar-refractivity contribution is 5.42. The van der Waals surface area contributed by atoms with Crippen LogP contribution in [0.25, 0.3) is 0 Å². The molecular weight excluding hydrogens is 202 g/mol. The zero-order valence-corrected chi connectivity index (χ0v) is 9.37. The quantitative estimate of drug-likeness (QED) is 0.822. The smallest absolute Gasteiger partial charge is 0.122 e. The lowest BCUT2D eigenvalue weighted by Crippen LogP contribution is -2.34. The maximum absolute atomic E-state index is 5.98. The predicted molar refractivity (Wildman–Crippen MR) is 62.2 cm³/mol.